The molecule has 0 amide bonds. The van der Waals surface area contributed by atoms with Crippen molar-refractivity contribution in [3.63, 3.8) is 0 Å². The van der Waals surface area contributed by atoms with Crippen LogP contribution in [0.5, 0.6) is 0 Å². The van der Waals surface area contributed by atoms with Crippen molar-refractivity contribution in [2.45, 2.75) is 0 Å². The van der Waals surface area contributed by atoms with E-state index in [-0.39, 0.29) is 29.4 Å². The molecule has 0 saturated carbocycles. The maximum Gasteiger partial charge on any atom is 2.00 e. The van der Waals surface area contributed by atoms with E-state index in [1.165, 1.54) is 0 Å². The summed E-state index contributed by atoms with van der Waals surface area (Å²) in [4.78, 5) is 35.7. The molecule has 0 unspecified atom stereocenters. The minimum absolute atomic E-state index is 0. The number of hydrogen-bond donors (Lipinski definition) is 2. The molecule has 0 saturated heterocycles. The molecule has 0 heterocycles. The van der Waals surface area contributed by atoms with Crippen molar-refractivity contribution in [3.05, 3.63) is 0 Å². The maximum absolute atomic E-state index is 8.93. The van der Waals surface area contributed by atoms with Gasteiger partial charge in [0.15, 0.2) is 0 Å². The monoisotopic (exact) mass is 268 g/mol. The number of rotatable bonds is 0. The number of carboxylic acid groups (broad SMARTS) is 4. The molecule has 8 N–H and O–H groups in total. The summed E-state index contributed by atoms with van der Waals surface area (Å²) < 4.78 is 0. The quantitative estimate of drug-likeness (QED) is 0.315. The van der Waals surface area contributed by atoms with E-state index in [0.717, 1.165) is 0 Å². The van der Waals surface area contributed by atoms with Gasteiger partial charge in [0.25, 0.3) is 0 Å². The molecule has 0 rings (SSSR count). The Balaban J connectivity index is -0.0000000370. The zero-order chi connectivity index (χ0) is 10.3. The third-order valence-electron chi connectivity index (χ3n) is 0.333. The first-order valence-electron chi connectivity index (χ1n) is 2.13. The molecular formula is C4H8FeN2O8. The van der Waals surface area contributed by atoms with Crippen LogP contribution in [0.2, 0.25) is 0 Å². The number of aliphatic carboxylic acids is 4. The Hall–Kier alpha value is -1.68. The summed E-state index contributed by atoms with van der Waals surface area (Å²) in [6.07, 6.45) is 0. The number of hydrogen-bond acceptors (Lipinski definition) is 8. The minimum Gasteiger partial charge on any atom is -0.543 e. The molecule has 0 radical (unpaired) electrons. The number of quaternary nitrogens is 2. The Labute approximate surface area is 93.5 Å². The molecule has 0 fully saturated rings. The predicted molar refractivity (Wildman–Crippen MR) is 32.0 cm³/mol. The smallest absolute Gasteiger partial charge is 0.543 e. The fourth-order valence-corrected chi connectivity index (χ4v) is 0. The first kappa shape index (κ1) is 29.2. The first-order valence-corrected chi connectivity index (χ1v) is 2.13. The summed E-state index contributed by atoms with van der Waals surface area (Å²) in [7, 11) is 0. The van der Waals surface area contributed by atoms with Gasteiger partial charge in [0, 0.05) is 0 Å². The zero-order valence-corrected chi connectivity index (χ0v) is 8.72. The Morgan fingerprint density at radius 3 is 0.600 bits per heavy atom. The van der Waals surface area contributed by atoms with Crippen LogP contribution < -0.4 is 32.7 Å². The van der Waals surface area contributed by atoms with Crippen LogP contribution in [0.3, 0.4) is 0 Å². The molecule has 0 spiro atoms. The van der Waals surface area contributed by atoms with E-state index in [4.69, 9.17) is 39.6 Å². The van der Waals surface area contributed by atoms with Gasteiger partial charge in [0.2, 0.25) is 0 Å². The van der Waals surface area contributed by atoms with Crippen molar-refractivity contribution < 1.29 is 56.7 Å². The third kappa shape index (κ3) is 32.9. The van der Waals surface area contributed by atoms with Crippen molar-refractivity contribution in [2.75, 3.05) is 0 Å². The molecular weight excluding hydrogens is 260 g/mol. The van der Waals surface area contributed by atoms with Crippen LogP contribution in [0.25, 0.3) is 0 Å². The standard InChI is InChI=1S/2C2H2O4.Fe.2H3N/c2*3-1(4)2(5)6;;;/h2*(H,3,4)(H,5,6);;2*1H3/q;;+2;;/p-2. The van der Waals surface area contributed by atoms with E-state index in [9.17, 15) is 0 Å². The molecule has 10 nitrogen and oxygen atoms in total. The van der Waals surface area contributed by atoms with Crippen LogP contribution in [0.1, 0.15) is 0 Å². The second-order valence-corrected chi connectivity index (χ2v) is 1.15. The van der Waals surface area contributed by atoms with Crippen molar-refractivity contribution in [2.24, 2.45) is 0 Å². The van der Waals surface area contributed by atoms with E-state index >= 15 is 0 Å². The molecule has 0 aliphatic rings. The fourth-order valence-electron chi connectivity index (χ4n) is 0. The van der Waals surface area contributed by atoms with Gasteiger partial charge in [0.1, 0.15) is 0 Å². The normalized spacial score (nSPS) is 5.87. The van der Waals surface area contributed by atoms with Gasteiger partial charge < -0.3 is 51.9 Å². The summed E-state index contributed by atoms with van der Waals surface area (Å²) in [5.74, 6) is -8.74. The molecule has 15 heavy (non-hydrogen) atoms. The summed E-state index contributed by atoms with van der Waals surface area (Å²) in [5, 5.41) is 35.7. The molecule has 11 heteroatoms. The van der Waals surface area contributed by atoms with Gasteiger partial charge >= 0.3 is 17.1 Å². The van der Waals surface area contributed by atoms with Crippen LogP contribution in [0.15, 0.2) is 0 Å². The van der Waals surface area contributed by atoms with Crippen molar-refractivity contribution in [3.8, 4) is 0 Å². The summed E-state index contributed by atoms with van der Waals surface area (Å²) >= 11 is 0. The molecule has 0 aliphatic carbocycles. The third-order valence-corrected chi connectivity index (χ3v) is 0.333. The topological polar surface area (TPSA) is 234 Å². The number of carbonyl (C=O) groups excluding carboxylic acids is 4. The van der Waals surface area contributed by atoms with Gasteiger partial charge in [-0.05, 0) is 0 Å². The average molecular weight is 268 g/mol. The van der Waals surface area contributed by atoms with Gasteiger partial charge in [-0.3, -0.25) is 0 Å². The van der Waals surface area contributed by atoms with Crippen molar-refractivity contribution >= 4 is 23.9 Å². The van der Waals surface area contributed by atoms with Crippen LogP contribution in [-0.2, 0) is 36.2 Å². The molecule has 0 aromatic carbocycles. The number of carboxylic acids is 4. The van der Waals surface area contributed by atoms with Gasteiger partial charge in [-0.2, -0.15) is 0 Å². The van der Waals surface area contributed by atoms with E-state index in [1.807, 2.05) is 0 Å². The minimum atomic E-state index is -2.19. The Morgan fingerprint density at radius 1 is 0.533 bits per heavy atom. The predicted octanol–water partition coefficient (Wildman–Crippen LogP) is -6.28. The van der Waals surface area contributed by atoms with Crippen molar-refractivity contribution in [1.29, 1.82) is 0 Å². The Bertz CT molecular complexity index is 181. The summed E-state index contributed by atoms with van der Waals surface area (Å²) in [5.41, 5.74) is 0. The summed E-state index contributed by atoms with van der Waals surface area (Å²) in [6, 6.07) is 0. The zero-order valence-electron chi connectivity index (χ0n) is 7.62. The molecule has 0 aliphatic heterocycles. The fraction of sp³-hybridized carbons (Fsp3) is 0. The van der Waals surface area contributed by atoms with Crippen molar-refractivity contribution in [1.82, 2.24) is 12.3 Å². The molecule has 0 atom stereocenters. The SMILES string of the molecule is O=C([O-])C(=O)[O-].O=C([O-])C(=O)[O-].[Fe+2].[NH4+].[NH4+]. The van der Waals surface area contributed by atoms with Crippen LogP contribution in [-0.4, -0.2) is 23.9 Å². The molecule has 0 aromatic rings. The first-order chi connectivity index (χ1) is 5.29. The molecule has 0 aromatic heterocycles. The van der Waals surface area contributed by atoms with Gasteiger partial charge in [0.05, 0.1) is 23.9 Å². The number of carbonyl (C=O) groups is 4. The van der Waals surface area contributed by atoms with E-state index in [0.29, 0.717) is 0 Å². The van der Waals surface area contributed by atoms with Gasteiger partial charge in [-0.15, -0.1) is 0 Å². The Morgan fingerprint density at radius 2 is 0.600 bits per heavy atom. The largest absolute Gasteiger partial charge is 2.00 e. The molecule has 0 bridgehead atoms. The van der Waals surface area contributed by atoms with Crippen LogP contribution in [0, 0.1) is 0 Å². The van der Waals surface area contributed by atoms with Gasteiger partial charge in [-0.1, -0.05) is 0 Å². The second kappa shape index (κ2) is 14.8. The molecule has 90 valence electrons. The van der Waals surface area contributed by atoms with E-state index in [2.05, 4.69) is 0 Å². The van der Waals surface area contributed by atoms with Gasteiger partial charge in [-0.25, -0.2) is 0 Å². The van der Waals surface area contributed by atoms with Crippen LogP contribution >= 0.6 is 0 Å². The van der Waals surface area contributed by atoms with E-state index < -0.39 is 23.9 Å². The average Bonchev–Trinajstić information content (AvgIpc) is 1.88. The second-order valence-electron chi connectivity index (χ2n) is 1.15. The maximum atomic E-state index is 8.93. The Kier molecular flexibility index (Phi) is 28.9. The summed E-state index contributed by atoms with van der Waals surface area (Å²) in [6.45, 7) is 0. The van der Waals surface area contributed by atoms with E-state index in [1.54, 1.807) is 0 Å². The van der Waals surface area contributed by atoms with Crippen LogP contribution in [0.4, 0.5) is 0 Å².